The third-order valence-electron chi connectivity index (χ3n) is 5.43. The molecule has 0 saturated carbocycles. The fourth-order valence-electron chi connectivity index (χ4n) is 4.62. The molecule has 0 aromatic heterocycles. The van der Waals surface area contributed by atoms with Crippen molar-refractivity contribution in [3.63, 3.8) is 0 Å². The monoisotopic (exact) mass is 339 g/mol. The number of hydrogen-bond acceptors (Lipinski definition) is 2. The topological polar surface area (TPSA) is 36.3 Å². The molecular weight excluding hydrogens is 296 g/mol. The molecule has 0 bridgehead atoms. The minimum Gasteiger partial charge on any atom is -0.298 e. The van der Waals surface area contributed by atoms with E-state index in [0.29, 0.717) is 6.54 Å². The van der Waals surface area contributed by atoms with Gasteiger partial charge in [0, 0.05) is 17.6 Å². The van der Waals surface area contributed by atoms with E-state index in [2.05, 4.69) is 39.7 Å². The van der Waals surface area contributed by atoms with Crippen molar-refractivity contribution in [3.8, 4) is 0 Å². The molecule has 0 aliphatic carbocycles. The predicted molar refractivity (Wildman–Crippen MR) is 104 cm³/mol. The Morgan fingerprint density at radius 3 is 2.04 bits per heavy atom. The van der Waals surface area contributed by atoms with E-state index in [4.69, 9.17) is 10.6 Å². The first-order valence-corrected chi connectivity index (χ1v) is 10.4. The molecule has 1 rings (SSSR count). The van der Waals surface area contributed by atoms with Crippen LogP contribution in [0.2, 0.25) is 0 Å². The summed E-state index contributed by atoms with van der Waals surface area (Å²) in [5, 5.41) is 2.31. The van der Waals surface area contributed by atoms with Gasteiger partial charge in [0.25, 0.3) is 0 Å². The third-order valence-corrected chi connectivity index (χ3v) is 5.43. The number of piperidine rings is 1. The Bertz CT molecular complexity index is 310. The van der Waals surface area contributed by atoms with Crippen LogP contribution in [0.25, 0.3) is 0 Å². The summed E-state index contributed by atoms with van der Waals surface area (Å²) in [6, 6.07) is 0. The molecule has 1 aliphatic rings. The standard InChI is InChI=1S/C21H43N2O/c1-6-7-8-9-10-13-16-24-23-20(2,3)17-19(14-11-12-15-22)18-21(23,4)5/h19,22H,6-18H2,1-5H3. The van der Waals surface area contributed by atoms with Crippen LogP contribution < -0.4 is 5.73 Å². The predicted octanol–water partition coefficient (Wildman–Crippen LogP) is 6.00. The maximum absolute atomic E-state index is 7.33. The van der Waals surface area contributed by atoms with E-state index in [1.54, 1.807) is 0 Å². The lowest BCUT2D eigenvalue weighted by Crippen LogP contribution is -2.60. The summed E-state index contributed by atoms with van der Waals surface area (Å²) in [6.07, 6.45) is 13.8. The van der Waals surface area contributed by atoms with Crippen molar-refractivity contribution in [2.24, 2.45) is 5.92 Å². The van der Waals surface area contributed by atoms with Gasteiger partial charge in [-0.15, -0.1) is 0 Å². The van der Waals surface area contributed by atoms with E-state index < -0.39 is 0 Å². The summed E-state index contributed by atoms with van der Waals surface area (Å²) in [5.74, 6) is 0.774. The molecule has 143 valence electrons. The molecule has 0 amide bonds. The number of unbranched alkanes of at least 4 members (excludes halogenated alkanes) is 6. The molecule has 3 heteroatoms. The van der Waals surface area contributed by atoms with Crippen LogP contribution in [0.4, 0.5) is 0 Å². The van der Waals surface area contributed by atoms with Crippen LogP contribution in [0.5, 0.6) is 0 Å². The van der Waals surface area contributed by atoms with Crippen molar-refractivity contribution in [1.29, 1.82) is 0 Å². The molecule has 3 nitrogen and oxygen atoms in total. The van der Waals surface area contributed by atoms with Crippen LogP contribution in [0.1, 0.15) is 105 Å². The van der Waals surface area contributed by atoms with Gasteiger partial charge in [-0.3, -0.25) is 10.6 Å². The smallest absolute Gasteiger partial charge is 0.0685 e. The summed E-state index contributed by atoms with van der Waals surface area (Å²) < 4.78 is 0. The molecule has 1 fully saturated rings. The van der Waals surface area contributed by atoms with Gasteiger partial charge in [-0.05, 0) is 59.3 Å². The highest BCUT2D eigenvalue weighted by molar-refractivity contribution is 4.96. The molecule has 0 spiro atoms. The molecule has 1 N–H and O–H groups in total. The van der Waals surface area contributed by atoms with Crippen LogP contribution in [-0.4, -0.2) is 29.3 Å². The number of nitrogens with zero attached hydrogens (tertiary/aromatic N) is 1. The van der Waals surface area contributed by atoms with E-state index in [1.807, 2.05) is 0 Å². The van der Waals surface area contributed by atoms with Gasteiger partial charge in [-0.1, -0.05) is 51.9 Å². The van der Waals surface area contributed by atoms with E-state index in [9.17, 15) is 0 Å². The summed E-state index contributed by atoms with van der Waals surface area (Å²) in [7, 11) is 0. The fourth-order valence-corrected chi connectivity index (χ4v) is 4.62. The zero-order valence-corrected chi connectivity index (χ0v) is 17.1. The molecule has 0 unspecified atom stereocenters. The van der Waals surface area contributed by atoms with Crippen molar-refractivity contribution in [2.75, 3.05) is 13.2 Å². The van der Waals surface area contributed by atoms with Crippen molar-refractivity contribution in [2.45, 2.75) is 116 Å². The van der Waals surface area contributed by atoms with Gasteiger partial charge in [0.1, 0.15) is 0 Å². The number of hydroxylamine groups is 2. The Labute approximate surface area is 151 Å². The summed E-state index contributed by atoms with van der Waals surface area (Å²) >= 11 is 0. The Morgan fingerprint density at radius 1 is 0.875 bits per heavy atom. The van der Waals surface area contributed by atoms with Crippen LogP contribution in [0.15, 0.2) is 0 Å². The molecule has 1 aliphatic heterocycles. The molecule has 24 heavy (non-hydrogen) atoms. The molecule has 1 radical (unpaired) electrons. The average Bonchev–Trinajstić information content (AvgIpc) is 2.47. The zero-order chi connectivity index (χ0) is 18.1. The summed E-state index contributed by atoms with van der Waals surface area (Å²) in [6.45, 7) is 13.1. The molecule has 0 atom stereocenters. The van der Waals surface area contributed by atoms with E-state index in [1.165, 1.54) is 64.2 Å². The van der Waals surface area contributed by atoms with Gasteiger partial charge in [0.15, 0.2) is 0 Å². The van der Waals surface area contributed by atoms with Gasteiger partial charge >= 0.3 is 0 Å². The largest absolute Gasteiger partial charge is 0.298 e. The minimum atomic E-state index is 0.107. The van der Waals surface area contributed by atoms with Crippen LogP contribution in [0.3, 0.4) is 0 Å². The zero-order valence-electron chi connectivity index (χ0n) is 17.1. The molecule has 0 aromatic carbocycles. The Hall–Kier alpha value is -0.120. The second-order valence-electron chi connectivity index (χ2n) is 9.04. The Balaban J connectivity index is 2.40. The highest BCUT2D eigenvalue weighted by Gasteiger charge is 2.46. The Morgan fingerprint density at radius 2 is 1.46 bits per heavy atom. The minimum absolute atomic E-state index is 0.107. The van der Waals surface area contributed by atoms with E-state index in [-0.39, 0.29) is 11.1 Å². The average molecular weight is 340 g/mol. The maximum atomic E-state index is 7.33. The van der Waals surface area contributed by atoms with Gasteiger partial charge < -0.3 is 0 Å². The van der Waals surface area contributed by atoms with Crippen molar-refractivity contribution >= 4 is 0 Å². The normalized spacial score (nSPS) is 21.2. The van der Waals surface area contributed by atoms with Crippen molar-refractivity contribution in [1.82, 2.24) is 10.8 Å². The first kappa shape index (κ1) is 21.9. The number of rotatable bonds is 12. The van der Waals surface area contributed by atoms with Crippen LogP contribution in [-0.2, 0) is 4.84 Å². The molecular formula is C21H43N2O. The first-order chi connectivity index (χ1) is 11.3. The first-order valence-electron chi connectivity index (χ1n) is 10.4. The van der Waals surface area contributed by atoms with E-state index in [0.717, 1.165) is 18.9 Å². The quantitative estimate of drug-likeness (QED) is 0.409. The van der Waals surface area contributed by atoms with Gasteiger partial charge in [0.2, 0.25) is 0 Å². The maximum Gasteiger partial charge on any atom is 0.0685 e. The van der Waals surface area contributed by atoms with Gasteiger partial charge in [-0.25, -0.2) is 0 Å². The van der Waals surface area contributed by atoms with Gasteiger partial charge in [0.05, 0.1) is 6.61 Å². The fraction of sp³-hybridized carbons (Fsp3) is 1.00. The molecule has 0 aromatic rings. The second-order valence-corrected chi connectivity index (χ2v) is 9.04. The Kier molecular flexibility index (Phi) is 9.84. The molecule has 1 heterocycles. The SMILES string of the molecule is CCCCCCCCON1C(C)(C)CC(CCCC[NH])CC1(C)C. The van der Waals surface area contributed by atoms with Crippen LogP contribution >= 0.6 is 0 Å². The lowest BCUT2D eigenvalue weighted by atomic mass is 9.73. The lowest BCUT2D eigenvalue weighted by molar-refractivity contribution is -0.288. The van der Waals surface area contributed by atoms with E-state index >= 15 is 0 Å². The molecule has 1 saturated heterocycles. The van der Waals surface area contributed by atoms with Crippen molar-refractivity contribution < 1.29 is 4.84 Å². The van der Waals surface area contributed by atoms with Crippen molar-refractivity contribution in [3.05, 3.63) is 0 Å². The van der Waals surface area contributed by atoms with Gasteiger partial charge in [-0.2, -0.15) is 5.06 Å². The third kappa shape index (κ3) is 7.41. The lowest BCUT2D eigenvalue weighted by Gasteiger charge is -2.54. The highest BCUT2D eigenvalue weighted by atomic mass is 16.7. The highest BCUT2D eigenvalue weighted by Crippen LogP contribution is 2.43. The second kappa shape index (κ2) is 10.8. The number of hydrogen-bond donors (Lipinski definition) is 0. The number of nitrogens with one attached hydrogen (secondary N) is 1. The summed E-state index contributed by atoms with van der Waals surface area (Å²) in [4.78, 5) is 6.30. The van der Waals surface area contributed by atoms with Crippen LogP contribution in [0, 0.1) is 5.92 Å². The summed E-state index contributed by atoms with van der Waals surface area (Å²) in [5.41, 5.74) is 7.54.